The van der Waals surface area contributed by atoms with Crippen LogP contribution in [-0.4, -0.2) is 49.2 Å². The van der Waals surface area contributed by atoms with Gasteiger partial charge in [-0.05, 0) is 12.1 Å². The van der Waals surface area contributed by atoms with Crippen molar-refractivity contribution < 1.29 is 24.0 Å². The Morgan fingerprint density at radius 3 is 3.00 bits per heavy atom. The van der Waals surface area contributed by atoms with Crippen LogP contribution < -0.4 is 20.3 Å². The molecule has 3 N–H and O–H groups in total. The first kappa shape index (κ1) is 17.9. The van der Waals surface area contributed by atoms with Gasteiger partial charge in [0.15, 0.2) is 11.2 Å². The van der Waals surface area contributed by atoms with Crippen molar-refractivity contribution in [1.82, 2.24) is 4.98 Å². The number of benzene rings is 1. The number of anilines is 2. The van der Waals surface area contributed by atoms with Crippen LogP contribution in [0.25, 0.3) is 0 Å². The third-order valence-corrected chi connectivity index (χ3v) is 5.31. The third-order valence-electron chi connectivity index (χ3n) is 4.51. The number of rotatable bonds is 5. The number of quaternary nitrogens is 1. The molecule has 0 bridgehead atoms. The predicted octanol–water partition coefficient (Wildman–Crippen LogP) is 0.287. The predicted molar refractivity (Wildman–Crippen MR) is 100 cm³/mol. The van der Waals surface area contributed by atoms with Gasteiger partial charge < -0.3 is 25.0 Å². The van der Waals surface area contributed by atoms with E-state index < -0.39 is 6.10 Å². The summed E-state index contributed by atoms with van der Waals surface area (Å²) in [6.45, 7) is 4.30. The molecule has 2 aliphatic heterocycles. The van der Waals surface area contributed by atoms with E-state index in [1.165, 1.54) is 16.2 Å². The molecule has 142 valence electrons. The van der Waals surface area contributed by atoms with Gasteiger partial charge in [0.25, 0.3) is 5.91 Å². The van der Waals surface area contributed by atoms with Crippen LogP contribution in [0.3, 0.4) is 0 Å². The molecular formula is C18H21N4O4S+. The lowest BCUT2D eigenvalue weighted by Gasteiger charge is -2.25. The van der Waals surface area contributed by atoms with Gasteiger partial charge in [0.05, 0.1) is 25.3 Å². The summed E-state index contributed by atoms with van der Waals surface area (Å²) in [5.74, 6) is -0.0475. The van der Waals surface area contributed by atoms with Crippen LogP contribution in [0.2, 0.25) is 0 Å². The Labute approximate surface area is 160 Å². The SMILES string of the molecule is O=C(C[C@@H]1Oc2ccccc2NC1=O)Nc1nc(C[NH+]2CCOCC2)cs1. The normalized spacial score (nSPS) is 19.7. The van der Waals surface area contributed by atoms with Crippen molar-refractivity contribution in [3.63, 3.8) is 0 Å². The molecule has 0 aliphatic carbocycles. The minimum atomic E-state index is -0.850. The lowest BCUT2D eigenvalue weighted by atomic mass is 10.1. The van der Waals surface area contributed by atoms with Crippen molar-refractivity contribution in [2.75, 3.05) is 36.9 Å². The second-order valence-electron chi connectivity index (χ2n) is 6.53. The van der Waals surface area contributed by atoms with Crippen molar-refractivity contribution in [3.05, 3.63) is 35.3 Å². The first-order chi connectivity index (χ1) is 13.2. The number of ether oxygens (including phenoxy) is 2. The minimum absolute atomic E-state index is 0.0657. The highest BCUT2D eigenvalue weighted by Gasteiger charge is 2.29. The van der Waals surface area contributed by atoms with Gasteiger partial charge in [0.1, 0.15) is 31.1 Å². The standard InChI is InChI=1S/C18H20N4O4S/c23-16(9-15-17(24)20-13-3-1-2-4-14(13)26-15)21-18-19-12(11-27-18)10-22-5-7-25-8-6-22/h1-4,11,15H,5-10H2,(H,20,24)(H,19,21,23)/p+1/t15-/m0/s1. The molecule has 2 aromatic rings. The molecule has 1 aromatic carbocycles. The summed E-state index contributed by atoms with van der Waals surface area (Å²) in [4.78, 5) is 30.3. The number of fused-ring (bicyclic) bond motifs is 1. The van der Waals surface area contributed by atoms with Crippen LogP contribution in [-0.2, 0) is 20.9 Å². The summed E-state index contributed by atoms with van der Waals surface area (Å²) in [5.41, 5.74) is 1.57. The molecule has 2 amide bonds. The van der Waals surface area contributed by atoms with E-state index in [-0.39, 0.29) is 18.2 Å². The first-order valence-corrected chi connectivity index (χ1v) is 9.77. The van der Waals surface area contributed by atoms with E-state index in [4.69, 9.17) is 9.47 Å². The highest BCUT2D eigenvalue weighted by molar-refractivity contribution is 7.13. The van der Waals surface area contributed by atoms with E-state index in [1.807, 2.05) is 17.5 Å². The number of hydrogen-bond donors (Lipinski definition) is 3. The molecule has 0 spiro atoms. The van der Waals surface area contributed by atoms with E-state index in [1.54, 1.807) is 12.1 Å². The largest absolute Gasteiger partial charge is 0.478 e. The Balaban J connectivity index is 1.31. The molecule has 2 aliphatic rings. The Kier molecular flexibility index (Phi) is 5.33. The number of thiazole rings is 1. The summed E-state index contributed by atoms with van der Waals surface area (Å²) in [6, 6.07) is 7.16. The van der Waals surface area contributed by atoms with Gasteiger partial charge in [0, 0.05) is 5.38 Å². The van der Waals surface area contributed by atoms with Crippen molar-refractivity contribution >= 4 is 34.0 Å². The fourth-order valence-electron chi connectivity index (χ4n) is 3.10. The van der Waals surface area contributed by atoms with Crippen LogP contribution in [0.5, 0.6) is 5.75 Å². The van der Waals surface area contributed by atoms with Gasteiger partial charge >= 0.3 is 0 Å². The number of nitrogens with one attached hydrogen (secondary N) is 3. The third kappa shape index (κ3) is 4.44. The molecule has 0 radical (unpaired) electrons. The zero-order chi connectivity index (χ0) is 18.6. The van der Waals surface area contributed by atoms with Crippen LogP contribution >= 0.6 is 11.3 Å². The van der Waals surface area contributed by atoms with Crippen LogP contribution in [0.15, 0.2) is 29.6 Å². The number of hydrogen-bond acceptors (Lipinski definition) is 6. The van der Waals surface area contributed by atoms with Crippen molar-refractivity contribution in [2.45, 2.75) is 19.1 Å². The summed E-state index contributed by atoms with van der Waals surface area (Å²) in [7, 11) is 0. The second kappa shape index (κ2) is 8.03. The summed E-state index contributed by atoms with van der Waals surface area (Å²) in [5, 5.41) is 8.02. The molecule has 27 heavy (non-hydrogen) atoms. The number of amides is 2. The van der Waals surface area contributed by atoms with Crippen LogP contribution in [0, 0.1) is 0 Å². The summed E-state index contributed by atoms with van der Waals surface area (Å²) >= 11 is 1.39. The van der Waals surface area contributed by atoms with Gasteiger partial charge in [-0.25, -0.2) is 4.98 Å². The first-order valence-electron chi connectivity index (χ1n) is 8.89. The molecular weight excluding hydrogens is 368 g/mol. The number of para-hydroxylation sites is 2. The quantitative estimate of drug-likeness (QED) is 0.683. The maximum Gasteiger partial charge on any atom is 0.266 e. The van der Waals surface area contributed by atoms with Gasteiger partial charge in [-0.3, -0.25) is 9.59 Å². The van der Waals surface area contributed by atoms with E-state index >= 15 is 0 Å². The van der Waals surface area contributed by atoms with Crippen molar-refractivity contribution in [3.8, 4) is 5.75 Å². The topological polar surface area (TPSA) is 94.0 Å². The fraction of sp³-hybridized carbons (Fsp3) is 0.389. The fourth-order valence-corrected chi connectivity index (χ4v) is 3.83. The average Bonchev–Trinajstić information content (AvgIpc) is 3.10. The Morgan fingerprint density at radius 2 is 2.15 bits per heavy atom. The molecule has 9 heteroatoms. The lowest BCUT2D eigenvalue weighted by Crippen LogP contribution is -3.12. The maximum absolute atomic E-state index is 12.3. The number of carbonyl (C=O) groups is 2. The summed E-state index contributed by atoms with van der Waals surface area (Å²) in [6.07, 6.45) is -0.916. The molecule has 1 atom stereocenters. The van der Waals surface area contributed by atoms with Crippen LogP contribution in [0.1, 0.15) is 12.1 Å². The molecule has 1 saturated heterocycles. The number of carbonyl (C=O) groups excluding carboxylic acids is 2. The highest BCUT2D eigenvalue weighted by Crippen LogP contribution is 2.29. The smallest absolute Gasteiger partial charge is 0.266 e. The number of nitrogens with zero attached hydrogens (tertiary/aromatic N) is 1. The van der Waals surface area contributed by atoms with E-state index in [0.717, 1.165) is 38.5 Å². The molecule has 0 saturated carbocycles. The zero-order valence-electron chi connectivity index (χ0n) is 14.7. The van der Waals surface area contributed by atoms with Crippen LogP contribution in [0.4, 0.5) is 10.8 Å². The molecule has 0 unspecified atom stereocenters. The van der Waals surface area contributed by atoms with Crippen molar-refractivity contribution in [2.24, 2.45) is 0 Å². The lowest BCUT2D eigenvalue weighted by molar-refractivity contribution is -0.921. The van der Waals surface area contributed by atoms with E-state index in [0.29, 0.717) is 16.6 Å². The Morgan fingerprint density at radius 1 is 1.33 bits per heavy atom. The monoisotopic (exact) mass is 389 g/mol. The van der Waals surface area contributed by atoms with Gasteiger partial charge in [0.2, 0.25) is 5.91 Å². The summed E-state index contributed by atoms with van der Waals surface area (Å²) < 4.78 is 11.0. The van der Waals surface area contributed by atoms with Gasteiger partial charge in [-0.2, -0.15) is 0 Å². The highest BCUT2D eigenvalue weighted by atomic mass is 32.1. The molecule has 1 fully saturated rings. The average molecular weight is 389 g/mol. The van der Waals surface area contributed by atoms with Crippen molar-refractivity contribution in [1.29, 1.82) is 0 Å². The molecule has 3 heterocycles. The molecule has 8 nitrogen and oxygen atoms in total. The minimum Gasteiger partial charge on any atom is -0.478 e. The Bertz CT molecular complexity index is 834. The number of morpholine rings is 1. The Hall–Kier alpha value is -2.49. The van der Waals surface area contributed by atoms with Gasteiger partial charge in [-0.15, -0.1) is 11.3 Å². The second-order valence-corrected chi connectivity index (χ2v) is 7.39. The zero-order valence-corrected chi connectivity index (χ0v) is 15.5. The maximum atomic E-state index is 12.3. The van der Waals surface area contributed by atoms with Gasteiger partial charge in [-0.1, -0.05) is 12.1 Å². The molecule has 1 aromatic heterocycles. The molecule has 4 rings (SSSR count). The number of aromatic nitrogens is 1. The van der Waals surface area contributed by atoms with E-state index in [9.17, 15) is 9.59 Å². The van der Waals surface area contributed by atoms with E-state index in [2.05, 4.69) is 15.6 Å².